The van der Waals surface area contributed by atoms with Crippen molar-refractivity contribution in [2.45, 2.75) is 25.3 Å². The van der Waals surface area contributed by atoms with Crippen LogP contribution < -0.4 is 0 Å². The first-order valence-corrected chi connectivity index (χ1v) is 8.81. The zero-order valence-electron chi connectivity index (χ0n) is 14.1. The Balaban J connectivity index is 1.39. The highest BCUT2D eigenvalue weighted by Crippen LogP contribution is 2.28. The van der Waals surface area contributed by atoms with E-state index in [1.807, 2.05) is 29.2 Å². The number of nitrogens with one attached hydrogen (secondary N) is 1. The number of para-hydroxylation sites is 2. The van der Waals surface area contributed by atoms with Gasteiger partial charge in [0, 0.05) is 26.2 Å². The lowest BCUT2D eigenvalue weighted by atomic mass is 9.97. The Kier molecular flexibility index (Phi) is 4.24. The summed E-state index contributed by atoms with van der Waals surface area (Å²) in [4.78, 5) is 25.1. The zero-order valence-corrected chi connectivity index (χ0v) is 14.1. The summed E-state index contributed by atoms with van der Waals surface area (Å²) < 4.78 is 5.40. The molecule has 24 heavy (non-hydrogen) atoms. The van der Waals surface area contributed by atoms with Crippen LogP contribution in [0.1, 0.15) is 25.1 Å². The van der Waals surface area contributed by atoms with Crippen molar-refractivity contribution in [1.29, 1.82) is 0 Å². The van der Waals surface area contributed by atoms with Gasteiger partial charge in [-0.05, 0) is 18.6 Å². The van der Waals surface area contributed by atoms with Gasteiger partial charge in [-0.25, -0.2) is 4.98 Å². The Labute approximate surface area is 141 Å². The van der Waals surface area contributed by atoms with Gasteiger partial charge in [0.15, 0.2) is 0 Å². The van der Waals surface area contributed by atoms with Gasteiger partial charge >= 0.3 is 0 Å². The maximum absolute atomic E-state index is 12.8. The summed E-state index contributed by atoms with van der Waals surface area (Å²) in [5.41, 5.74) is 2.06. The zero-order chi connectivity index (χ0) is 16.5. The summed E-state index contributed by atoms with van der Waals surface area (Å²) in [6.07, 6.45) is 0.852. The maximum atomic E-state index is 12.8. The van der Waals surface area contributed by atoms with E-state index < -0.39 is 0 Å². The minimum Gasteiger partial charge on any atom is -0.379 e. The number of nitrogens with zero attached hydrogens (tertiary/aromatic N) is 3. The van der Waals surface area contributed by atoms with Crippen molar-refractivity contribution in [2.75, 3.05) is 39.4 Å². The molecule has 0 saturated carbocycles. The Hall–Kier alpha value is -1.92. The van der Waals surface area contributed by atoms with Crippen LogP contribution in [0.4, 0.5) is 0 Å². The molecule has 2 aromatic rings. The van der Waals surface area contributed by atoms with E-state index in [-0.39, 0.29) is 11.9 Å². The number of amides is 1. The molecule has 0 aliphatic carbocycles. The molecule has 6 heteroatoms. The molecule has 6 nitrogen and oxygen atoms in total. The lowest BCUT2D eigenvalue weighted by molar-refractivity contribution is -0.143. The molecule has 0 bridgehead atoms. The Bertz CT molecular complexity index is 684. The van der Waals surface area contributed by atoms with Crippen LogP contribution in [0.3, 0.4) is 0 Å². The van der Waals surface area contributed by atoms with E-state index in [4.69, 9.17) is 4.74 Å². The number of morpholine rings is 1. The monoisotopic (exact) mass is 328 g/mol. The molecular weight excluding hydrogens is 304 g/mol. The number of imidazole rings is 1. The number of hydrogen-bond donors (Lipinski definition) is 1. The average Bonchev–Trinajstić information content (AvgIpc) is 2.98. The minimum atomic E-state index is -0.00877. The lowest BCUT2D eigenvalue weighted by Gasteiger charge is -2.43. The number of carbonyl (C=O) groups is 1. The van der Waals surface area contributed by atoms with Gasteiger partial charge in [0.2, 0.25) is 5.91 Å². The highest BCUT2D eigenvalue weighted by atomic mass is 16.5. The van der Waals surface area contributed by atoms with Gasteiger partial charge in [0.25, 0.3) is 0 Å². The topological polar surface area (TPSA) is 61.5 Å². The highest BCUT2D eigenvalue weighted by molar-refractivity contribution is 5.83. The largest absolute Gasteiger partial charge is 0.379 e. The number of aromatic amines is 1. The molecular formula is C18H24N4O2. The van der Waals surface area contributed by atoms with E-state index in [0.717, 1.165) is 62.7 Å². The van der Waals surface area contributed by atoms with E-state index in [0.29, 0.717) is 5.92 Å². The third kappa shape index (κ3) is 2.80. The first kappa shape index (κ1) is 15.6. The third-order valence-electron chi connectivity index (χ3n) is 5.15. The van der Waals surface area contributed by atoms with E-state index in [9.17, 15) is 4.79 Å². The molecule has 0 spiro atoms. The Morgan fingerprint density at radius 1 is 1.33 bits per heavy atom. The van der Waals surface area contributed by atoms with Crippen molar-refractivity contribution >= 4 is 16.9 Å². The fourth-order valence-corrected chi connectivity index (χ4v) is 3.69. The van der Waals surface area contributed by atoms with Gasteiger partial charge < -0.3 is 14.6 Å². The van der Waals surface area contributed by atoms with Gasteiger partial charge in [-0.15, -0.1) is 0 Å². The quantitative estimate of drug-likeness (QED) is 0.926. The lowest BCUT2D eigenvalue weighted by Crippen LogP contribution is -2.57. The molecule has 1 aromatic carbocycles. The second-order valence-electron chi connectivity index (χ2n) is 6.65. The van der Waals surface area contributed by atoms with Crippen molar-refractivity contribution in [3.63, 3.8) is 0 Å². The van der Waals surface area contributed by atoms with E-state index in [2.05, 4.69) is 21.8 Å². The summed E-state index contributed by atoms with van der Waals surface area (Å²) in [5.74, 6) is 1.58. The molecule has 1 amide bonds. The van der Waals surface area contributed by atoms with Crippen LogP contribution in [0.25, 0.3) is 11.0 Å². The number of fused-ring (bicyclic) bond motifs is 1. The van der Waals surface area contributed by atoms with Crippen LogP contribution in [0.5, 0.6) is 0 Å². The molecule has 1 atom stereocenters. The highest BCUT2D eigenvalue weighted by Gasteiger charge is 2.38. The predicted octanol–water partition coefficient (Wildman–Crippen LogP) is 1.60. The molecule has 128 valence electrons. The number of rotatable bonds is 4. The number of H-pyrrole nitrogens is 1. The molecule has 2 saturated heterocycles. The van der Waals surface area contributed by atoms with Crippen molar-refractivity contribution in [3.8, 4) is 0 Å². The molecule has 1 aromatic heterocycles. The number of ether oxygens (including phenoxy) is 1. The summed E-state index contributed by atoms with van der Waals surface area (Å²) in [5, 5.41) is 0. The van der Waals surface area contributed by atoms with Crippen molar-refractivity contribution in [3.05, 3.63) is 30.1 Å². The Morgan fingerprint density at radius 3 is 2.79 bits per heavy atom. The Morgan fingerprint density at radius 2 is 2.08 bits per heavy atom. The number of hydrogen-bond acceptors (Lipinski definition) is 4. The number of aromatic nitrogens is 2. The molecule has 2 aliphatic heterocycles. The second kappa shape index (κ2) is 6.53. The van der Waals surface area contributed by atoms with Crippen LogP contribution in [0.15, 0.2) is 24.3 Å². The molecule has 0 radical (unpaired) electrons. The van der Waals surface area contributed by atoms with Gasteiger partial charge in [-0.2, -0.15) is 0 Å². The number of benzene rings is 1. The molecule has 2 fully saturated rings. The molecule has 1 unspecified atom stereocenters. The summed E-state index contributed by atoms with van der Waals surface area (Å²) in [6.45, 7) is 6.78. The van der Waals surface area contributed by atoms with Crippen LogP contribution in [0, 0.1) is 0 Å². The molecule has 1 N–H and O–H groups in total. The number of carbonyl (C=O) groups excluding carboxylic acids is 1. The van der Waals surface area contributed by atoms with Crippen molar-refractivity contribution < 1.29 is 9.53 Å². The minimum absolute atomic E-state index is 0.00877. The van der Waals surface area contributed by atoms with Crippen molar-refractivity contribution in [2.24, 2.45) is 0 Å². The summed E-state index contributed by atoms with van der Waals surface area (Å²) >= 11 is 0. The molecule has 4 rings (SSSR count). The van der Waals surface area contributed by atoms with Crippen LogP contribution in [-0.2, 0) is 9.53 Å². The van der Waals surface area contributed by atoms with Gasteiger partial charge in [0.05, 0.1) is 36.2 Å². The van der Waals surface area contributed by atoms with Gasteiger partial charge in [-0.3, -0.25) is 9.69 Å². The summed E-state index contributed by atoms with van der Waals surface area (Å²) in [7, 11) is 0. The number of likely N-dealkylation sites (tertiary alicyclic amines) is 1. The first-order valence-electron chi connectivity index (χ1n) is 8.81. The van der Waals surface area contributed by atoms with Gasteiger partial charge in [-0.1, -0.05) is 19.1 Å². The van der Waals surface area contributed by atoms with Gasteiger partial charge in [0.1, 0.15) is 5.82 Å². The standard InChI is InChI=1S/C18H24N4O2/c1-2-16(21-7-9-24-10-8-21)18(23)22-11-13(12-22)17-19-14-5-3-4-6-15(14)20-17/h3-6,13,16H,2,7-12H2,1H3,(H,19,20). The van der Waals surface area contributed by atoms with Crippen molar-refractivity contribution in [1.82, 2.24) is 19.8 Å². The van der Waals surface area contributed by atoms with Crippen LogP contribution in [0.2, 0.25) is 0 Å². The first-order chi connectivity index (χ1) is 11.8. The SMILES string of the molecule is CCC(C(=O)N1CC(c2nc3ccccc3[nH]2)C1)N1CCOCC1. The third-order valence-corrected chi connectivity index (χ3v) is 5.15. The van der Waals surface area contributed by atoms with E-state index >= 15 is 0 Å². The van der Waals surface area contributed by atoms with Crippen LogP contribution >= 0.6 is 0 Å². The molecule has 3 heterocycles. The predicted molar refractivity (Wildman–Crippen MR) is 91.9 cm³/mol. The normalized spacial score (nSPS) is 21.0. The summed E-state index contributed by atoms with van der Waals surface area (Å²) in [6, 6.07) is 8.05. The van der Waals surface area contributed by atoms with E-state index in [1.165, 1.54) is 0 Å². The fourth-order valence-electron chi connectivity index (χ4n) is 3.69. The average molecular weight is 328 g/mol. The maximum Gasteiger partial charge on any atom is 0.239 e. The van der Waals surface area contributed by atoms with E-state index in [1.54, 1.807) is 0 Å². The molecule has 2 aliphatic rings. The fraction of sp³-hybridized carbons (Fsp3) is 0.556. The van der Waals surface area contributed by atoms with Crippen LogP contribution in [-0.4, -0.2) is 71.1 Å². The second-order valence-corrected chi connectivity index (χ2v) is 6.65. The smallest absolute Gasteiger partial charge is 0.239 e.